The predicted molar refractivity (Wildman–Crippen MR) is 53.9 cm³/mol. The van der Waals surface area contributed by atoms with Crippen molar-refractivity contribution < 1.29 is 0 Å². The molecule has 0 atom stereocenters. The van der Waals surface area contributed by atoms with Crippen molar-refractivity contribution in [3.8, 4) is 0 Å². The molecule has 0 amide bonds. The summed E-state index contributed by atoms with van der Waals surface area (Å²) in [5.41, 5.74) is 1.25. The lowest BCUT2D eigenvalue weighted by atomic mass is 10.2. The first-order valence-electron chi connectivity index (χ1n) is 3.99. The Morgan fingerprint density at radius 2 is 2.33 bits per heavy atom. The Labute approximate surface area is 81.5 Å². The summed E-state index contributed by atoms with van der Waals surface area (Å²) >= 11 is 7.94. The number of thioether (sulfide) groups is 1. The van der Waals surface area contributed by atoms with Crippen molar-refractivity contribution in [3.05, 3.63) is 28.8 Å². The number of hydrogen-bond acceptors (Lipinski definition) is 2. The van der Waals surface area contributed by atoms with E-state index in [1.54, 1.807) is 0 Å². The van der Waals surface area contributed by atoms with E-state index in [2.05, 4.69) is 11.4 Å². The number of halogens is 1. The zero-order chi connectivity index (χ0) is 8.39. The largest absolute Gasteiger partial charge is 0.312 e. The quantitative estimate of drug-likeness (QED) is 0.689. The van der Waals surface area contributed by atoms with Crippen LogP contribution in [0.1, 0.15) is 5.56 Å². The van der Waals surface area contributed by atoms with Gasteiger partial charge in [0.05, 0.1) is 0 Å². The second kappa shape index (κ2) is 3.69. The zero-order valence-corrected chi connectivity index (χ0v) is 8.21. The smallest absolute Gasteiger partial charge is 0.0462 e. The molecule has 1 aliphatic heterocycles. The van der Waals surface area contributed by atoms with Crippen LogP contribution in [-0.4, -0.2) is 12.3 Å². The van der Waals surface area contributed by atoms with Crippen molar-refractivity contribution in [2.24, 2.45) is 0 Å². The molecule has 1 aromatic carbocycles. The fraction of sp³-hybridized carbons (Fsp3) is 0.333. The number of fused-ring (bicyclic) bond motifs is 1. The van der Waals surface area contributed by atoms with Gasteiger partial charge >= 0.3 is 0 Å². The van der Waals surface area contributed by atoms with Gasteiger partial charge in [0.15, 0.2) is 0 Å². The molecule has 0 radical (unpaired) electrons. The Kier molecular flexibility index (Phi) is 2.59. The van der Waals surface area contributed by atoms with Gasteiger partial charge in [-0.1, -0.05) is 17.7 Å². The number of benzene rings is 1. The summed E-state index contributed by atoms with van der Waals surface area (Å²) in [7, 11) is 0. The maximum absolute atomic E-state index is 6.06. The first kappa shape index (κ1) is 8.42. The minimum absolute atomic E-state index is 0.884. The molecule has 0 bridgehead atoms. The van der Waals surface area contributed by atoms with Crippen LogP contribution in [0.2, 0.25) is 5.02 Å². The molecule has 1 N–H and O–H groups in total. The van der Waals surface area contributed by atoms with Gasteiger partial charge in [0.25, 0.3) is 0 Å². The summed E-state index contributed by atoms with van der Waals surface area (Å²) in [5.74, 6) is 1.13. The molecular weight excluding hydrogens is 190 g/mol. The predicted octanol–water partition coefficient (Wildman–Crippen LogP) is 2.54. The second-order valence-electron chi connectivity index (χ2n) is 2.74. The molecule has 2 rings (SSSR count). The number of nitrogens with one attached hydrogen (secondary N) is 1. The maximum Gasteiger partial charge on any atom is 0.0462 e. The van der Waals surface area contributed by atoms with Gasteiger partial charge in [0.2, 0.25) is 0 Å². The molecule has 1 heterocycles. The minimum Gasteiger partial charge on any atom is -0.312 e. The topological polar surface area (TPSA) is 12.0 Å². The summed E-state index contributed by atoms with van der Waals surface area (Å²) in [5, 5.41) is 4.22. The monoisotopic (exact) mass is 199 g/mol. The molecule has 3 heteroatoms. The van der Waals surface area contributed by atoms with Gasteiger partial charge in [0.1, 0.15) is 0 Å². The van der Waals surface area contributed by atoms with Crippen LogP contribution < -0.4 is 5.32 Å². The molecule has 1 aliphatic rings. The normalized spacial score (nSPS) is 16.8. The Morgan fingerprint density at radius 3 is 3.25 bits per heavy atom. The molecule has 12 heavy (non-hydrogen) atoms. The van der Waals surface area contributed by atoms with E-state index in [9.17, 15) is 0 Å². The SMILES string of the molecule is Clc1cccc2c1CNCCS2. The Morgan fingerprint density at radius 1 is 1.42 bits per heavy atom. The first-order valence-corrected chi connectivity index (χ1v) is 5.35. The average Bonchev–Trinajstić information content (AvgIpc) is 2.30. The second-order valence-corrected chi connectivity index (χ2v) is 4.29. The third-order valence-corrected chi connectivity index (χ3v) is 3.37. The van der Waals surface area contributed by atoms with Crippen molar-refractivity contribution in [1.29, 1.82) is 0 Å². The molecule has 64 valence electrons. The molecule has 0 aliphatic carbocycles. The number of rotatable bonds is 0. The highest BCUT2D eigenvalue weighted by molar-refractivity contribution is 7.99. The fourth-order valence-electron chi connectivity index (χ4n) is 1.29. The van der Waals surface area contributed by atoms with Gasteiger partial charge in [0, 0.05) is 28.8 Å². The van der Waals surface area contributed by atoms with Crippen molar-refractivity contribution in [2.75, 3.05) is 12.3 Å². The molecule has 0 aromatic heterocycles. The molecular formula is C9H10ClNS. The van der Waals surface area contributed by atoms with Crippen molar-refractivity contribution >= 4 is 23.4 Å². The van der Waals surface area contributed by atoms with Crippen LogP contribution in [0, 0.1) is 0 Å². The highest BCUT2D eigenvalue weighted by Crippen LogP contribution is 2.29. The van der Waals surface area contributed by atoms with Gasteiger partial charge in [-0.25, -0.2) is 0 Å². The summed E-state index contributed by atoms with van der Waals surface area (Å²) < 4.78 is 0. The molecule has 1 nitrogen and oxygen atoms in total. The van der Waals surface area contributed by atoms with Crippen LogP contribution in [-0.2, 0) is 6.54 Å². The molecule has 0 saturated heterocycles. The first-order chi connectivity index (χ1) is 5.88. The summed E-state index contributed by atoms with van der Waals surface area (Å²) in [6.45, 7) is 1.97. The molecule has 0 saturated carbocycles. The summed E-state index contributed by atoms with van der Waals surface area (Å²) in [4.78, 5) is 1.33. The lowest BCUT2D eigenvalue weighted by Gasteiger charge is -2.05. The number of hydrogen-bond donors (Lipinski definition) is 1. The van der Waals surface area contributed by atoms with E-state index in [1.165, 1.54) is 10.5 Å². The Hall–Kier alpha value is -0.180. The maximum atomic E-state index is 6.06. The van der Waals surface area contributed by atoms with Crippen LogP contribution in [0.3, 0.4) is 0 Å². The van der Waals surface area contributed by atoms with Gasteiger partial charge in [-0.15, -0.1) is 11.8 Å². The standard InChI is InChI=1S/C9H10ClNS/c10-8-2-1-3-9-7(8)6-11-4-5-12-9/h1-3,11H,4-6H2. The average molecular weight is 200 g/mol. The third kappa shape index (κ3) is 1.60. The van der Waals surface area contributed by atoms with Crippen LogP contribution in [0.5, 0.6) is 0 Å². The van der Waals surface area contributed by atoms with Crippen LogP contribution in [0.25, 0.3) is 0 Å². The lowest BCUT2D eigenvalue weighted by molar-refractivity contribution is 0.732. The van der Waals surface area contributed by atoms with Gasteiger partial charge < -0.3 is 5.32 Å². The van der Waals surface area contributed by atoms with E-state index < -0.39 is 0 Å². The molecule has 0 fully saturated rings. The summed E-state index contributed by atoms with van der Waals surface area (Å²) in [6, 6.07) is 6.10. The van der Waals surface area contributed by atoms with Crippen LogP contribution >= 0.6 is 23.4 Å². The lowest BCUT2D eigenvalue weighted by Crippen LogP contribution is -2.14. The molecule has 0 spiro atoms. The van der Waals surface area contributed by atoms with E-state index >= 15 is 0 Å². The Bertz CT molecular complexity index is 288. The van der Waals surface area contributed by atoms with E-state index in [1.807, 2.05) is 23.9 Å². The highest BCUT2D eigenvalue weighted by Gasteiger charge is 2.09. The fourth-order valence-corrected chi connectivity index (χ4v) is 2.59. The highest BCUT2D eigenvalue weighted by atomic mass is 35.5. The van der Waals surface area contributed by atoms with Gasteiger partial charge in [-0.05, 0) is 17.7 Å². The Balaban J connectivity index is 2.42. The van der Waals surface area contributed by atoms with Crippen molar-refractivity contribution in [2.45, 2.75) is 11.4 Å². The van der Waals surface area contributed by atoms with Gasteiger partial charge in [-0.2, -0.15) is 0 Å². The van der Waals surface area contributed by atoms with E-state index in [-0.39, 0.29) is 0 Å². The van der Waals surface area contributed by atoms with Gasteiger partial charge in [-0.3, -0.25) is 0 Å². The summed E-state index contributed by atoms with van der Waals surface area (Å²) in [6.07, 6.45) is 0. The third-order valence-electron chi connectivity index (χ3n) is 1.91. The van der Waals surface area contributed by atoms with Crippen LogP contribution in [0.4, 0.5) is 0 Å². The minimum atomic E-state index is 0.884. The van der Waals surface area contributed by atoms with E-state index in [0.29, 0.717) is 0 Å². The molecule has 0 unspecified atom stereocenters. The van der Waals surface area contributed by atoms with E-state index in [0.717, 1.165) is 23.9 Å². The van der Waals surface area contributed by atoms with Crippen molar-refractivity contribution in [3.63, 3.8) is 0 Å². The van der Waals surface area contributed by atoms with Crippen LogP contribution in [0.15, 0.2) is 23.1 Å². The van der Waals surface area contributed by atoms with Crippen molar-refractivity contribution in [1.82, 2.24) is 5.32 Å². The zero-order valence-electron chi connectivity index (χ0n) is 6.64. The van der Waals surface area contributed by atoms with E-state index in [4.69, 9.17) is 11.6 Å². The molecule has 1 aromatic rings.